The van der Waals surface area contributed by atoms with Crippen LogP contribution in [0.5, 0.6) is 0 Å². The summed E-state index contributed by atoms with van der Waals surface area (Å²) in [4.78, 5) is 15.7. The van der Waals surface area contributed by atoms with Gasteiger partial charge in [0, 0.05) is 6.54 Å². The highest BCUT2D eigenvalue weighted by molar-refractivity contribution is 6.29. The first-order valence-corrected chi connectivity index (χ1v) is 6.15. The fraction of sp³-hybridized carbons (Fsp3) is 0.500. The molecule has 4 nitrogen and oxygen atoms in total. The third kappa shape index (κ3) is 3.09. The molecule has 1 amide bonds. The molecular weight excluding hydrogens is 238 g/mol. The summed E-state index contributed by atoms with van der Waals surface area (Å²) < 4.78 is 0. The second-order valence-corrected chi connectivity index (χ2v) is 5.01. The summed E-state index contributed by atoms with van der Waals surface area (Å²) >= 11 is 5.74. The van der Waals surface area contributed by atoms with Crippen molar-refractivity contribution in [3.63, 3.8) is 0 Å². The normalized spacial score (nSPS) is 16.6. The molecule has 0 bridgehead atoms. The van der Waals surface area contributed by atoms with Gasteiger partial charge in [0.05, 0.1) is 17.4 Å². The number of anilines is 1. The summed E-state index contributed by atoms with van der Waals surface area (Å²) in [6, 6.07) is 1.49. The monoisotopic (exact) mass is 253 g/mol. The number of aromatic nitrogens is 1. The maximum atomic E-state index is 11.9. The van der Waals surface area contributed by atoms with Crippen LogP contribution in [0.15, 0.2) is 12.3 Å². The van der Waals surface area contributed by atoms with Crippen molar-refractivity contribution in [1.82, 2.24) is 10.3 Å². The van der Waals surface area contributed by atoms with Crippen molar-refractivity contribution in [1.29, 1.82) is 0 Å². The van der Waals surface area contributed by atoms with E-state index in [0.29, 0.717) is 23.7 Å². The van der Waals surface area contributed by atoms with E-state index < -0.39 is 0 Å². The second kappa shape index (κ2) is 4.92. The minimum Gasteiger partial charge on any atom is -0.397 e. The summed E-state index contributed by atoms with van der Waals surface area (Å²) in [5.41, 5.74) is 6.44. The quantitative estimate of drug-likeness (QED) is 0.808. The maximum Gasteiger partial charge on any atom is 0.253 e. The molecule has 0 saturated heterocycles. The van der Waals surface area contributed by atoms with Crippen LogP contribution in [0, 0.1) is 11.8 Å². The molecule has 1 atom stereocenters. The fourth-order valence-corrected chi connectivity index (χ4v) is 1.98. The molecule has 2 rings (SSSR count). The van der Waals surface area contributed by atoms with Crippen LogP contribution in [0.4, 0.5) is 5.69 Å². The Bertz CT molecular complexity index is 432. The molecule has 0 aromatic carbocycles. The molecule has 17 heavy (non-hydrogen) atoms. The predicted molar refractivity (Wildman–Crippen MR) is 67.9 cm³/mol. The molecule has 1 unspecified atom stereocenters. The van der Waals surface area contributed by atoms with Crippen molar-refractivity contribution >= 4 is 23.2 Å². The Morgan fingerprint density at radius 3 is 3.06 bits per heavy atom. The Balaban J connectivity index is 1.96. The summed E-state index contributed by atoms with van der Waals surface area (Å²) in [6.45, 7) is 2.84. The van der Waals surface area contributed by atoms with E-state index in [1.807, 2.05) is 0 Å². The molecule has 1 aliphatic rings. The van der Waals surface area contributed by atoms with Crippen LogP contribution < -0.4 is 11.1 Å². The first kappa shape index (κ1) is 12.2. The number of halogens is 1. The molecule has 5 heteroatoms. The maximum absolute atomic E-state index is 11.9. The van der Waals surface area contributed by atoms with E-state index in [1.54, 1.807) is 0 Å². The largest absolute Gasteiger partial charge is 0.397 e. The fourth-order valence-electron chi connectivity index (χ4n) is 1.82. The number of nitrogens with zero attached hydrogens (tertiary/aromatic N) is 1. The van der Waals surface area contributed by atoms with Gasteiger partial charge >= 0.3 is 0 Å². The minimum absolute atomic E-state index is 0.181. The van der Waals surface area contributed by atoms with E-state index in [-0.39, 0.29) is 11.1 Å². The minimum atomic E-state index is -0.181. The summed E-state index contributed by atoms with van der Waals surface area (Å²) in [5, 5.41) is 3.16. The number of amides is 1. The van der Waals surface area contributed by atoms with Crippen molar-refractivity contribution in [2.75, 3.05) is 12.3 Å². The number of carbonyl (C=O) groups is 1. The van der Waals surface area contributed by atoms with Crippen molar-refractivity contribution in [3.05, 3.63) is 23.0 Å². The number of nitrogen functional groups attached to an aromatic ring is 1. The van der Waals surface area contributed by atoms with Gasteiger partial charge in [-0.25, -0.2) is 4.98 Å². The van der Waals surface area contributed by atoms with Gasteiger partial charge in [0.2, 0.25) is 0 Å². The van der Waals surface area contributed by atoms with Crippen molar-refractivity contribution in [2.45, 2.75) is 19.8 Å². The summed E-state index contributed by atoms with van der Waals surface area (Å²) in [6.07, 6.45) is 3.96. The van der Waals surface area contributed by atoms with Crippen LogP contribution in [0.2, 0.25) is 5.15 Å². The van der Waals surface area contributed by atoms with E-state index in [1.165, 1.54) is 25.1 Å². The molecule has 1 aromatic heterocycles. The van der Waals surface area contributed by atoms with Gasteiger partial charge in [0.25, 0.3) is 5.91 Å². The molecule has 1 heterocycles. The average molecular weight is 254 g/mol. The van der Waals surface area contributed by atoms with Gasteiger partial charge in [-0.05, 0) is 30.7 Å². The number of hydrogen-bond acceptors (Lipinski definition) is 3. The first-order chi connectivity index (χ1) is 8.08. The number of pyridine rings is 1. The average Bonchev–Trinajstić information content (AvgIpc) is 3.12. The number of carbonyl (C=O) groups excluding carboxylic acids is 1. The molecule has 3 N–H and O–H groups in total. The molecule has 0 aliphatic heterocycles. The molecule has 0 radical (unpaired) electrons. The van der Waals surface area contributed by atoms with Crippen molar-refractivity contribution < 1.29 is 4.79 Å². The van der Waals surface area contributed by atoms with Crippen molar-refractivity contribution in [3.8, 4) is 0 Å². The van der Waals surface area contributed by atoms with Gasteiger partial charge < -0.3 is 11.1 Å². The van der Waals surface area contributed by atoms with E-state index in [4.69, 9.17) is 17.3 Å². The Hall–Kier alpha value is -1.29. The Labute approximate surface area is 106 Å². The highest BCUT2D eigenvalue weighted by atomic mass is 35.5. The lowest BCUT2D eigenvalue weighted by atomic mass is 10.1. The third-order valence-electron chi connectivity index (χ3n) is 3.16. The lowest BCUT2D eigenvalue weighted by Crippen LogP contribution is -2.29. The predicted octanol–water partition coefficient (Wildman–Crippen LogP) is 2.09. The first-order valence-electron chi connectivity index (χ1n) is 5.77. The van der Waals surface area contributed by atoms with Gasteiger partial charge in [-0.15, -0.1) is 0 Å². The lowest BCUT2D eigenvalue weighted by Gasteiger charge is -2.12. The zero-order chi connectivity index (χ0) is 12.4. The Morgan fingerprint density at radius 2 is 2.41 bits per heavy atom. The Morgan fingerprint density at radius 1 is 1.71 bits per heavy atom. The topological polar surface area (TPSA) is 68.0 Å². The van der Waals surface area contributed by atoms with Crippen LogP contribution in [0.1, 0.15) is 30.1 Å². The Kier molecular flexibility index (Phi) is 3.52. The van der Waals surface area contributed by atoms with Crippen molar-refractivity contribution in [2.24, 2.45) is 11.8 Å². The molecule has 1 aromatic rings. The van der Waals surface area contributed by atoms with E-state index in [2.05, 4.69) is 17.2 Å². The second-order valence-electron chi connectivity index (χ2n) is 4.62. The summed E-state index contributed by atoms with van der Waals surface area (Å²) in [7, 11) is 0. The molecule has 1 aliphatic carbocycles. The van der Waals surface area contributed by atoms with Crippen LogP contribution in [0.25, 0.3) is 0 Å². The van der Waals surface area contributed by atoms with Gasteiger partial charge in [0.15, 0.2) is 0 Å². The molecule has 92 valence electrons. The van der Waals surface area contributed by atoms with Crippen LogP contribution >= 0.6 is 11.6 Å². The molecule has 0 spiro atoms. The van der Waals surface area contributed by atoms with Crippen LogP contribution in [-0.4, -0.2) is 17.4 Å². The zero-order valence-electron chi connectivity index (χ0n) is 9.74. The van der Waals surface area contributed by atoms with Gasteiger partial charge in [-0.1, -0.05) is 18.5 Å². The van der Waals surface area contributed by atoms with E-state index >= 15 is 0 Å². The zero-order valence-corrected chi connectivity index (χ0v) is 10.5. The van der Waals surface area contributed by atoms with E-state index in [0.717, 1.165) is 5.92 Å². The lowest BCUT2D eigenvalue weighted by molar-refractivity contribution is 0.0947. The number of nitrogens with one attached hydrogen (secondary N) is 1. The van der Waals surface area contributed by atoms with Crippen LogP contribution in [-0.2, 0) is 0 Å². The SMILES string of the molecule is CC(CNC(=O)c1cc(Cl)ncc1N)C1CC1. The van der Waals surface area contributed by atoms with Gasteiger partial charge in [-0.2, -0.15) is 0 Å². The summed E-state index contributed by atoms with van der Waals surface area (Å²) in [5.74, 6) is 1.12. The number of nitrogens with two attached hydrogens (primary N) is 1. The number of rotatable bonds is 4. The van der Waals surface area contributed by atoms with Gasteiger partial charge in [0.1, 0.15) is 5.15 Å². The molecular formula is C12H16ClN3O. The standard InChI is InChI=1S/C12H16ClN3O/c1-7(8-2-3-8)5-16-12(17)9-4-11(13)15-6-10(9)14/h4,6-8H,2-3,5,14H2,1H3,(H,16,17). The molecule has 1 fully saturated rings. The molecule has 1 saturated carbocycles. The highest BCUT2D eigenvalue weighted by Gasteiger charge is 2.28. The third-order valence-corrected chi connectivity index (χ3v) is 3.36. The highest BCUT2D eigenvalue weighted by Crippen LogP contribution is 2.36. The van der Waals surface area contributed by atoms with Gasteiger partial charge in [-0.3, -0.25) is 4.79 Å². The van der Waals surface area contributed by atoms with E-state index in [9.17, 15) is 4.79 Å². The van der Waals surface area contributed by atoms with Crippen LogP contribution in [0.3, 0.4) is 0 Å². The number of hydrogen-bond donors (Lipinski definition) is 2. The smallest absolute Gasteiger partial charge is 0.253 e.